The quantitative estimate of drug-likeness (QED) is 0.350. The van der Waals surface area contributed by atoms with Crippen LogP contribution in [-0.4, -0.2) is 25.3 Å². The molecule has 0 aliphatic carbocycles. The van der Waals surface area contributed by atoms with Crippen molar-refractivity contribution in [3.05, 3.63) is 0 Å². The Kier molecular flexibility index (Phi) is 2.46. The van der Waals surface area contributed by atoms with Gasteiger partial charge >= 0.3 is 0 Å². The van der Waals surface area contributed by atoms with E-state index in [1.165, 1.54) is 0 Å². The van der Waals surface area contributed by atoms with E-state index in [4.69, 9.17) is 6.72 Å². The summed E-state index contributed by atoms with van der Waals surface area (Å²) >= 11 is 0. The van der Waals surface area contributed by atoms with Gasteiger partial charge in [0.25, 0.3) is 0 Å². The third kappa shape index (κ3) is 1.76. The molecule has 1 radical (unpaired) electrons. The van der Waals surface area contributed by atoms with Crippen molar-refractivity contribution in [2.45, 2.75) is 6.92 Å². The molecule has 0 fully saturated rings. The largest absolute Gasteiger partial charge is 0.300 e. The number of hydrogen-bond donors (Lipinski definition) is 0. The highest BCUT2D eigenvalue weighted by atomic mass is 15.4. The Morgan fingerprint density at radius 2 is 2.33 bits per heavy atom. The molecule has 0 aromatic rings. The zero-order valence-electron chi connectivity index (χ0n) is 4.18. The van der Waals surface area contributed by atoms with Gasteiger partial charge in [-0.3, -0.25) is 0 Å². The lowest BCUT2D eigenvalue weighted by Gasteiger charge is -2.04. The lowest BCUT2D eigenvalue weighted by atomic mass is 10.7. The Balaban J connectivity index is 2.96. The van der Waals surface area contributed by atoms with E-state index in [0.29, 0.717) is 0 Å². The van der Waals surface area contributed by atoms with Crippen LogP contribution in [-0.2, 0) is 0 Å². The molecule has 0 amide bonds. The fourth-order valence-electron chi connectivity index (χ4n) is 0.0816. The maximum Gasteiger partial charge on any atom is 0.0671 e. The first-order valence-electron chi connectivity index (χ1n) is 1.93. The van der Waals surface area contributed by atoms with Crippen LogP contribution in [0.4, 0.5) is 0 Å². The summed E-state index contributed by atoms with van der Waals surface area (Å²) in [6.07, 6.45) is 0. The second-order valence-corrected chi connectivity index (χ2v) is 1.09. The Bertz CT molecular complexity index is 42.8. The van der Waals surface area contributed by atoms with E-state index in [1.54, 1.807) is 5.01 Å². The van der Waals surface area contributed by atoms with Gasteiger partial charge in [-0.2, -0.15) is 5.10 Å². The minimum atomic E-state index is 0.872. The fraction of sp³-hybridized carbons (Fsp3) is 0.750. The number of rotatable bonds is 2. The predicted molar refractivity (Wildman–Crippen MR) is 26.8 cm³/mol. The Hall–Kier alpha value is -0.530. The zero-order valence-corrected chi connectivity index (χ0v) is 4.18. The van der Waals surface area contributed by atoms with Crippen LogP contribution in [0.1, 0.15) is 6.92 Å². The van der Waals surface area contributed by atoms with Crippen molar-refractivity contribution in [1.82, 2.24) is 5.01 Å². The van der Waals surface area contributed by atoms with Gasteiger partial charge in [0.2, 0.25) is 0 Å². The van der Waals surface area contributed by atoms with E-state index >= 15 is 0 Å². The molecule has 0 saturated heterocycles. The highest BCUT2D eigenvalue weighted by Crippen LogP contribution is 1.73. The van der Waals surface area contributed by atoms with Gasteiger partial charge < -0.3 is 5.01 Å². The average Bonchev–Trinajstić information content (AvgIpc) is 1.65. The third-order valence-corrected chi connectivity index (χ3v) is 0.655. The zero-order chi connectivity index (χ0) is 4.99. The molecule has 0 bridgehead atoms. The van der Waals surface area contributed by atoms with E-state index < -0.39 is 0 Å². The van der Waals surface area contributed by atoms with Gasteiger partial charge in [-0.15, -0.1) is 0 Å². The third-order valence-electron chi connectivity index (χ3n) is 0.655. The number of hydrogen-bond acceptors (Lipinski definition) is 2. The van der Waals surface area contributed by atoms with Gasteiger partial charge in [0.15, 0.2) is 0 Å². The molecule has 0 rings (SSSR count). The van der Waals surface area contributed by atoms with Crippen molar-refractivity contribution in [2.75, 3.05) is 13.6 Å². The molecular weight excluding hydrogens is 76.1 g/mol. The molecule has 0 heterocycles. The van der Waals surface area contributed by atoms with Crippen molar-refractivity contribution in [3.8, 4) is 0 Å². The van der Waals surface area contributed by atoms with Crippen LogP contribution in [0.25, 0.3) is 0 Å². The monoisotopic (exact) mass is 85.1 g/mol. The van der Waals surface area contributed by atoms with Crippen LogP contribution < -0.4 is 0 Å². The SMILES string of the molecule is [CH]=NN(C)CC. The summed E-state index contributed by atoms with van der Waals surface area (Å²) in [5, 5.41) is 4.99. The van der Waals surface area contributed by atoms with Crippen LogP contribution in [0, 0.1) is 0 Å². The van der Waals surface area contributed by atoms with Crippen molar-refractivity contribution < 1.29 is 0 Å². The molecule has 0 aromatic heterocycles. The number of nitrogens with zero attached hydrogens (tertiary/aromatic N) is 2. The standard InChI is InChI=1S/C4H9N2/c1-4-6(3)5-2/h2H,4H2,1,3H3. The molecule has 0 aromatic carbocycles. The Morgan fingerprint density at radius 1 is 1.83 bits per heavy atom. The maximum atomic E-state index is 4.83. The summed E-state index contributed by atoms with van der Waals surface area (Å²) < 4.78 is 0. The molecule has 6 heavy (non-hydrogen) atoms. The van der Waals surface area contributed by atoms with Gasteiger partial charge in [0.1, 0.15) is 0 Å². The van der Waals surface area contributed by atoms with Crippen LogP contribution in [0.5, 0.6) is 0 Å². The molecule has 0 aliphatic heterocycles. The first-order chi connectivity index (χ1) is 2.81. The van der Waals surface area contributed by atoms with Gasteiger partial charge in [0.05, 0.1) is 6.72 Å². The maximum absolute atomic E-state index is 4.83. The molecule has 0 aliphatic rings. The van der Waals surface area contributed by atoms with Crippen LogP contribution in [0.2, 0.25) is 0 Å². The van der Waals surface area contributed by atoms with E-state index in [9.17, 15) is 0 Å². The van der Waals surface area contributed by atoms with Crippen molar-refractivity contribution in [1.29, 1.82) is 0 Å². The molecule has 35 valence electrons. The summed E-state index contributed by atoms with van der Waals surface area (Å²) in [7, 11) is 1.82. The summed E-state index contributed by atoms with van der Waals surface area (Å²) in [6.45, 7) is 7.69. The molecule has 0 spiro atoms. The van der Waals surface area contributed by atoms with Crippen LogP contribution in [0.3, 0.4) is 0 Å². The molecule has 2 heteroatoms. The fourth-order valence-corrected chi connectivity index (χ4v) is 0.0816. The van der Waals surface area contributed by atoms with Crippen molar-refractivity contribution in [3.63, 3.8) is 0 Å². The minimum Gasteiger partial charge on any atom is -0.300 e. The van der Waals surface area contributed by atoms with Gasteiger partial charge in [-0.1, -0.05) is 0 Å². The summed E-state index contributed by atoms with van der Waals surface area (Å²) in [4.78, 5) is 0. The number of hydrazone groups is 1. The topological polar surface area (TPSA) is 15.6 Å². The lowest BCUT2D eigenvalue weighted by molar-refractivity contribution is 0.379. The second kappa shape index (κ2) is 2.69. The predicted octanol–water partition coefficient (Wildman–Crippen LogP) is 0.431. The van der Waals surface area contributed by atoms with E-state index in [2.05, 4.69) is 5.10 Å². The average molecular weight is 85.1 g/mol. The summed E-state index contributed by atoms with van der Waals surface area (Å²) in [5.74, 6) is 0. The van der Waals surface area contributed by atoms with Gasteiger partial charge in [-0.05, 0) is 6.92 Å². The lowest BCUT2D eigenvalue weighted by Crippen LogP contribution is -2.07. The molecule has 0 N–H and O–H groups in total. The van der Waals surface area contributed by atoms with Gasteiger partial charge in [0, 0.05) is 13.6 Å². The Labute approximate surface area is 38.5 Å². The van der Waals surface area contributed by atoms with Crippen molar-refractivity contribution >= 4 is 6.72 Å². The first-order valence-corrected chi connectivity index (χ1v) is 1.93. The summed E-state index contributed by atoms with van der Waals surface area (Å²) in [6, 6.07) is 0. The highest BCUT2D eigenvalue weighted by molar-refractivity contribution is 5.22. The van der Waals surface area contributed by atoms with Crippen LogP contribution >= 0.6 is 0 Å². The first kappa shape index (κ1) is 5.47. The normalized spacial score (nSPS) is 7.67. The van der Waals surface area contributed by atoms with Gasteiger partial charge in [-0.25, -0.2) is 0 Å². The minimum absolute atomic E-state index is 0.872. The molecule has 0 atom stereocenters. The highest BCUT2D eigenvalue weighted by Gasteiger charge is 1.75. The summed E-state index contributed by atoms with van der Waals surface area (Å²) in [5.41, 5.74) is 0. The van der Waals surface area contributed by atoms with E-state index in [1.807, 2.05) is 14.0 Å². The van der Waals surface area contributed by atoms with E-state index in [-0.39, 0.29) is 0 Å². The molecule has 0 unspecified atom stereocenters. The molecule has 2 nitrogen and oxygen atoms in total. The smallest absolute Gasteiger partial charge is 0.0671 e. The second-order valence-electron chi connectivity index (χ2n) is 1.09. The van der Waals surface area contributed by atoms with E-state index in [0.717, 1.165) is 6.54 Å². The van der Waals surface area contributed by atoms with Crippen molar-refractivity contribution in [2.24, 2.45) is 5.10 Å². The molecule has 0 saturated carbocycles. The Morgan fingerprint density at radius 3 is 2.33 bits per heavy atom. The van der Waals surface area contributed by atoms with Crippen LogP contribution in [0.15, 0.2) is 5.10 Å². The molecular formula is C4H9N2.